The molecule has 0 atom stereocenters. The molecular formula is C18H20O6. The Labute approximate surface area is 140 Å². The van der Waals surface area contributed by atoms with Gasteiger partial charge < -0.3 is 14.6 Å². The molecule has 6 heteroatoms. The number of carboxylic acid groups (broad SMARTS) is 1. The lowest BCUT2D eigenvalue weighted by atomic mass is 9.79. The molecule has 1 fully saturated rings. The molecule has 24 heavy (non-hydrogen) atoms. The topological polar surface area (TPSA) is 89.9 Å². The molecule has 6 nitrogen and oxygen atoms in total. The van der Waals surface area contributed by atoms with Gasteiger partial charge in [-0.15, -0.1) is 0 Å². The molecule has 128 valence electrons. The third-order valence-electron chi connectivity index (χ3n) is 4.16. The van der Waals surface area contributed by atoms with E-state index in [-0.39, 0.29) is 5.92 Å². The summed E-state index contributed by atoms with van der Waals surface area (Å²) in [7, 11) is 0. The van der Waals surface area contributed by atoms with Gasteiger partial charge in [-0.1, -0.05) is 18.7 Å². The van der Waals surface area contributed by atoms with E-state index in [2.05, 4.69) is 11.3 Å². The highest BCUT2D eigenvalue weighted by Gasteiger charge is 2.26. The molecule has 0 spiro atoms. The van der Waals surface area contributed by atoms with Crippen LogP contribution in [0.15, 0.2) is 36.9 Å². The second kappa shape index (κ2) is 8.29. The van der Waals surface area contributed by atoms with Crippen LogP contribution in [0.3, 0.4) is 0 Å². The largest absolute Gasteiger partial charge is 0.481 e. The van der Waals surface area contributed by atoms with Crippen LogP contribution >= 0.6 is 0 Å². The quantitative estimate of drug-likeness (QED) is 0.489. The van der Waals surface area contributed by atoms with E-state index in [1.807, 2.05) is 12.1 Å². The van der Waals surface area contributed by atoms with Gasteiger partial charge in [-0.25, -0.2) is 9.59 Å². The third-order valence-corrected chi connectivity index (χ3v) is 4.16. The number of benzene rings is 1. The lowest BCUT2D eigenvalue weighted by molar-refractivity contribution is -0.150. The summed E-state index contributed by atoms with van der Waals surface area (Å²) in [6.07, 6.45) is 4.03. The number of carboxylic acids is 1. The fourth-order valence-corrected chi connectivity index (χ4v) is 2.83. The number of esters is 2. The fraction of sp³-hybridized carbons (Fsp3) is 0.389. The molecular weight excluding hydrogens is 312 g/mol. The molecule has 0 unspecified atom stereocenters. The predicted molar refractivity (Wildman–Crippen MR) is 85.6 cm³/mol. The zero-order valence-electron chi connectivity index (χ0n) is 13.3. The van der Waals surface area contributed by atoms with Crippen LogP contribution in [0.5, 0.6) is 5.75 Å². The van der Waals surface area contributed by atoms with Crippen molar-refractivity contribution in [2.75, 3.05) is 6.61 Å². The van der Waals surface area contributed by atoms with Crippen LogP contribution in [0, 0.1) is 5.92 Å². The molecule has 0 bridgehead atoms. The molecule has 0 heterocycles. The van der Waals surface area contributed by atoms with Crippen molar-refractivity contribution in [1.82, 2.24) is 0 Å². The average molecular weight is 332 g/mol. The van der Waals surface area contributed by atoms with Gasteiger partial charge in [0.05, 0.1) is 5.92 Å². The molecule has 0 aliphatic heterocycles. The summed E-state index contributed by atoms with van der Waals surface area (Å²) >= 11 is 0. The van der Waals surface area contributed by atoms with Crippen molar-refractivity contribution >= 4 is 17.9 Å². The Morgan fingerprint density at radius 3 is 2.29 bits per heavy atom. The van der Waals surface area contributed by atoms with E-state index < -0.39 is 24.5 Å². The predicted octanol–water partition coefficient (Wildman–Crippen LogP) is 2.68. The molecule has 1 aliphatic rings. The third kappa shape index (κ3) is 4.94. The lowest BCUT2D eigenvalue weighted by Gasteiger charge is -2.26. The van der Waals surface area contributed by atoms with Crippen molar-refractivity contribution in [1.29, 1.82) is 0 Å². The van der Waals surface area contributed by atoms with Gasteiger partial charge in [0.2, 0.25) is 0 Å². The summed E-state index contributed by atoms with van der Waals surface area (Å²) in [6, 6.07) is 7.13. The van der Waals surface area contributed by atoms with Crippen molar-refractivity contribution in [2.24, 2.45) is 5.92 Å². The highest BCUT2D eigenvalue weighted by molar-refractivity contribution is 5.84. The Hall–Kier alpha value is -2.63. The van der Waals surface area contributed by atoms with Crippen LogP contribution in [-0.4, -0.2) is 29.6 Å². The normalized spacial score (nSPS) is 20.0. The van der Waals surface area contributed by atoms with Gasteiger partial charge in [0.15, 0.2) is 6.61 Å². The molecule has 0 amide bonds. The van der Waals surface area contributed by atoms with Gasteiger partial charge in [0, 0.05) is 6.08 Å². The molecule has 0 radical (unpaired) electrons. The minimum Gasteiger partial charge on any atom is -0.481 e. The van der Waals surface area contributed by atoms with Crippen LogP contribution in [0.2, 0.25) is 0 Å². The first-order valence-corrected chi connectivity index (χ1v) is 7.82. The van der Waals surface area contributed by atoms with E-state index in [0.717, 1.165) is 24.5 Å². The SMILES string of the molecule is C=CC(=O)OCC(=O)Oc1ccc(C2CCC(C(=O)O)CC2)cc1. The van der Waals surface area contributed by atoms with E-state index in [9.17, 15) is 14.4 Å². The van der Waals surface area contributed by atoms with E-state index >= 15 is 0 Å². The Kier molecular flexibility index (Phi) is 6.12. The van der Waals surface area contributed by atoms with Crippen molar-refractivity contribution < 1.29 is 29.0 Å². The van der Waals surface area contributed by atoms with E-state index in [1.165, 1.54) is 0 Å². The maximum Gasteiger partial charge on any atom is 0.349 e. The number of hydrogen-bond donors (Lipinski definition) is 1. The van der Waals surface area contributed by atoms with E-state index in [4.69, 9.17) is 9.84 Å². The summed E-state index contributed by atoms with van der Waals surface area (Å²) in [6.45, 7) is 2.77. The fourth-order valence-electron chi connectivity index (χ4n) is 2.83. The second-order valence-electron chi connectivity index (χ2n) is 5.74. The number of aliphatic carboxylic acids is 1. The average Bonchev–Trinajstić information content (AvgIpc) is 2.60. The van der Waals surface area contributed by atoms with Gasteiger partial charge in [-0.2, -0.15) is 0 Å². The number of carbonyl (C=O) groups excluding carboxylic acids is 2. The second-order valence-corrected chi connectivity index (χ2v) is 5.74. The number of rotatable bonds is 6. The molecule has 2 rings (SSSR count). The van der Waals surface area contributed by atoms with Crippen molar-refractivity contribution in [3.8, 4) is 5.75 Å². The number of ether oxygens (including phenoxy) is 2. The van der Waals surface area contributed by atoms with Gasteiger partial charge in [0.1, 0.15) is 5.75 Å². The molecule has 0 saturated heterocycles. The van der Waals surface area contributed by atoms with Gasteiger partial charge >= 0.3 is 17.9 Å². The first kappa shape index (κ1) is 17.7. The van der Waals surface area contributed by atoms with E-state index in [0.29, 0.717) is 24.5 Å². The molecule has 1 N–H and O–H groups in total. The number of hydrogen-bond acceptors (Lipinski definition) is 5. The van der Waals surface area contributed by atoms with Crippen molar-refractivity contribution in [3.63, 3.8) is 0 Å². The van der Waals surface area contributed by atoms with Gasteiger partial charge in [-0.3, -0.25) is 4.79 Å². The number of carbonyl (C=O) groups is 3. The standard InChI is InChI=1S/C18H20O6/c1-2-16(19)23-11-17(20)24-15-9-7-13(8-10-15)12-3-5-14(6-4-12)18(21)22/h2,7-10,12,14H,1,3-6,11H2,(H,21,22). The van der Waals surface area contributed by atoms with Crippen LogP contribution < -0.4 is 4.74 Å². The van der Waals surface area contributed by atoms with Crippen LogP contribution in [-0.2, 0) is 19.1 Å². The smallest absolute Gasteiger partial charge is 0.349 e. The maximum absolute atomic E-state index is 11.5. The summed E-state index contributed by atoms with van der Waals surface area (Å²) in [5.74, 6) is -1.59. The van der Waals surface area contributed by atoms with Crippen LogP contribution in [0.1, 0.15) is 37.2 Å². The van der Waals surface area contributed by atoms with Crippen molar-refractivity contribution in [2.45, 2.75) is 31.6 Å². The molecule has 1 saturated carbocycles. The summed E-state index contributed by atoms with van der Waals surface area (Å²) in [5.41, 5.74) is 1.11. The molecule has 1 aliphatic carbocycles. The monoisotopic (exact) mass is 332 g/mol. The zero-order valence-corrected chi connectivity index (χ0v) is 13.3. The first-order valence-electron chi connectivity index (χ1n) is 7.82. The minimum atomic E-state index is -0.715. The van der Waals surface area contributed by atoms with Gasteiger partial charge in [0.25, 0.3) is 0 Å². The van der Waals surface area contributed by atoms with Crippen molar-refractivity contribution in [3.05, 3.63) is 42.5 Å². The Morgan fingerprint density at radius 1 is 1.12 bits per heavy atom. The minimum absolute atomic E-state index is 0.236. The van der Waals surface area contributed by atoms with Crippen LogP contribution in [0.4, 0.5) is 0 Å². The first-order chi connectivity index (χ1) is 11.5. The highest BCUT2D eigenvalue weighted by atomic mass is 16.6. The van der Waals surface area contributed by atoms with Crippen LogP contribution in [0.25, 0.3) is 0 Å². The Bertz CT molecular complexity index is 611. The highest BCUT2D eigenvalue weighted by Crippen LogP contribution is 2.36. The van der Waals surface area contributed by atoms with E-state index in [1.54, 1.807) is 12.1 Å². The molecule has 1 aromatic rings. The van der Waals surface area contributed by atoms with Gasteiger partial charge in [-0.05, 0) is 49.3 Å². The lowest BCUT2D eigenvalue weighted by Crippen LogP contribution is -2.20. The molecule has 1 aromatic carbocycles. The Balaban J connectivity index is 1.85. The summed E-state index contributed by atoms with van der Waals surface area (Å²) in [5, 5.41) is 9.02. The maximum atomic E-state index is 11.5. The zero-order chi connectivity index (χ0) is 17.5. The molecule has 0 aromatic heterocycles. The summed E-state index contributed by atoms with van der Waals surface area (Å²) in [4.78, 5) is 33.4. The summed E-state index contributed by atoms with van der Waals surface area (Å²) < 4.78 is 9.67. The Morgan fingerprint density at radius 2 is 1.75 bits per heavy atom.